The number of halogens is 1. The Hall–Kier alpha value is -0.730. The molecule has 0 atom stereocenters. The van der Waals surface area contributed by atoms with Gasteiger partial charge < -0.3 is 10.1 Å². The molecule has 1 N–H and O–H groups in total. The normalized spacial score (nSPS) is 22.2. The maximum Gasteiger partial charge on any atom is 0.125 e. The minimum atomic E-state index is 0.358. The van der Waals surface area contributed by atoms with Crippen LogP contribution in [0.5, 0.6) is 5.75 Å². The van der Waals surface area contributed by atoms with Crippen LogP contribution in [0.2, 0.25) is 5.02 Å². The summed E-state index contributed by atoms with van der Waals surface area (Å²) in [5.41, 5.74) is 1.10. The van der Waals surface area contributed by atoms with Crippen LogP contribution < -0.4 is 10.1 Å². The molecule has 1 aliphatic carbocycles. The van der Waals surface area contributed by atoms with Crippen LogP contribution in [0.4, 0.5) is 0 Å². The molecule has 1 fully saturated rings. The highest BCUT2D eigenvalue weighted by Gasteiger charge is 2.22. The molecule has 1 aromatic carbocycles. The van der Waals surface area contributed by atoms with Crippen molar-refractivity contribution < 1.29 is 4.74 Å². The molecule has 0 spiro atoms. The van der Waals surface area contributed by atoms with Crippen LogP contribution in [-0.2, 0) is 6.54 Å². The first-order valence-corrected chi connectivity index (χ1v) is 8.77. The van der Waals surface area contributed by atoms with Gasteiger partial charge in [0, 0.05) is 17.1 Å². The van der Waals surface area contributed by atoms with Gasteiger partial charge in [0.1, 0.15) is 5.75 Å². The van der Waals surface area contributed by atoms with Gasteiger partial charge in [-0.25, -0.2) is 0 Å². The fourth-order valence-corrected chi connectivity index (χ4v) is 3.28. The van der Waals surface area contributed by atoms with Crippen LogP contribution in [0, 0.1) is 5.92 Å². The Morgan fingerprint density at radius 3 is 2.62 bits per heavy atom. The molecule has 2 rings (SSSR count). The average Bonchev–Trinajstić information content (AvgIpc) is 2.51. The Labute approximate surface area is 134 Å². The summed E-state index contributed by atoms with van der Waals surface area (Å²) in [5.74, 6) is 1.86. The SMILES string of the molecule is CCCNCc1c(Cl)cccc1OC1CCC(CC)CC1. The highest BCUT2D eigenvalue weighted by Crippen LogP contribution is 2.32. The van der Waals surface area contributed by atoms with E-state index in [1.54, 1.807) is 0 Å². The molecule has 0 aromatic heterocycles. The average molecular weight is 310 g/mol. The molecule has 0 amide bonds. The van der Waals surface area contributed by atoms with Gasteiger partial charge in [0.05, 0.1) is 6.10 Å². The van der Waals surface area contributed by atoms with Crippen LogP contribution in [0.15, 0.2) is 18.2 Å². The number of nitrogens with one attached hydrogen (secondary N) is 1. The summed E-state index contributed by atoms with van der Waals surface area (Å²) >= 11 is 6.35. The summed E-state index contributed by atoms with van der Waals surface area (Å²) in [6.07, 6.45) is 7.73. The molecular weight excluding hydrogens is 282 g/mol. The van der Waals surface area contributed by atoms with Crippen molar-refractivity contribution in [2.75, 3.05) is 6.54 Å². The third kappa shape index (κ3) is 4.89. The Bertz CT molecular complexity index is 427. The van der Waals surface area contributed by atoms with Gasteiger partial charge in [-0.1, -0.05) is 37.9 Å². The van der Waals surface area contributed by atoms with Crippen molar-refractivity contribution in [2.45, 2.75) is 65.0 Å². The minimum Gasteiger partial charge on any atom is -0.490 e. The van der Waals surface area contributed by atoms with Crippen molar-refractivity contribution >= 4 is 11.6 Å². The molecule has 21 heavy (non-hydrogen) atoms. The molecule has 118 valence electrons. The van der Waals surface area contributed by atoms with E-state index in [2.05, 4.69) is 25.2 Å². The van der Waals surface area contributed by atoms with E-state index >= 15 is 0 Å². The molecule has 1 aliphatic rings. The third-order valence-electron chi connectivity index (χ3n) is 4.47. The predicted octanol–water partition coefficient (Wildman–Crippen LogP) is 5.19. The Kier molecular flexibility index (Phi) is 6.85. The lowest BCUT2D eigenvalue weighted by atomic mass is 9.86. The standard InChI is InChI=1S/C18H28ClNO/c1-3-12-20-13-16-17(19)6-5-7-18(16)21-15-10-8-14(4-2)9-11-15/h5-7,14-15,20H,3-4,8-13H2,1-2H3. The monoisotopic (exact) mass is 309 g/mol. The van der Waals surface area contributed by atoms with E-state index in [4.69, 9.17) is 16.3 Å². The molecule has 0 heterocycles. The molecule has 0 unspecified atom stereocenters. The highest BCUT2D eigenvalue weighted by atomic mass is 35.5. The first-order valence-electron chi connectivity index (χ1n) is 8.39. The van der Waals surface area contributed by atoms with E-state index in [0.29, 0.717) is 6.10 Å². The smallest absolute Gasteiger partial charge is 0.125 e. The zero-order valence-corrected chi connectivity index (χ0v) is 14.1. The lowest BCUT2D eigenvalue weighted by Crippen LogP contribution is -2.25. The molecule has 0 saturated heterocycles. The summed E-state index contributed by atoms with van der Waals surface area (Å²) < 4.78 is 6.27. The van der Waals surface area contributed by atoms with Crippen LogP contribution in [0.1, 0.15) is 57.9 Å². The van der Waals surface area contributed by atoms with E-state index < -0.39 is 0 Å². The Morgan fingerprint density at radius 2 is 1.95 bits per heavy atom. The second-order valence-corrected chi connectivity index (χ2v) is 6.47. The quantitative estimate of drug-likeness (QED) is 0.700. The van der Waals surface area contributed by atoms with E-state index in [1.807, 2.05) is 12.1 Å². The van der Waals surface area contributed by atoms with Gasteiger partial charge in [-0.05, 0) is 56.7 Å². The van der Waals surface area contributed by atoms with E-state index in [-0.39, 0.29) is 0 Å². The van der Waals surface area contributed by atoms with Gasteiger partial charge in [0.15, 0.2) is 0 Å². The summed E-state index contributed by atoms with van der Waals surface area (Å²) in [7, 11) is 0. The summed E-state index contributed by atoms with van der Waals surface area (Å²) in [6.45, 7) is 6.25. The largest absolute Gasteiger partial charge is 0.490 e. The van der Waals surface area contributed by atoms with Crippen molar-refractivity contribution in [3.63, 3.8) is 0 Å². The summed E-state index contributed by atoms with van der Waals surface area (Å²) in [4.78, 5) is 0. The zero-order valence-electron chi connectivity index (χ0n) is 13.3. The summed E-state index contributed by atoms with van der Waals surface area (Å²) in [6, 6.07) is 5.99. The second-order valence-electron chi connectivity index (χ2n) is 6.06. The van der Waals surface area contributed by atoms with Crippen LogP contribution in [-0.4, -0.2) is 12.6 Å². The lowest BCUT2D eigenvalue weighted by Gasteiger charge is -2.29. The molecule has 1 saturated carbocycles. The van der Waals surface area contributed by atoms with E-state index in [0.717, 1.165) is 41.8 Å². The Morgan fingerprint density at radius 1 is 1.19 bits per heavy atom. The highest BCUT2D eigenvalue weighted by molar-refractivity contribution is 6.31. The van der Waals surface area contributed by atoms with Crippen LogP contribution in [0.3, 0.4) is 0 Å². The first-order chi connectivity index (χ1) is 10.2. The molecule has 1 aromatic rings. The fourth-order valence-electron chi connectivity index (χ4n) is 3.05. The predicted molar refractivity (Wildman–Crippen MR) is 90.1 cm³/mol. The topological polar surface area (TPSA) is 21.3 Å². The van der Waals surface area contributed by atoms with E-state index in [1.165, 1.54) is 32.1 Å². The van der Waals surface area contributed by atoms with Crippen LogP contribution >= 0.6 is 11.6 Å². The minimum absolute atomic E-state index is 0.358. The first kappa shape index (κ1) is 16.6. The van der Waals surface area contributed by atoms with Gasteiger partial charge in [-0.3, -0.25) is 0 Å². The van der Waals surface area contributed by atoms with Gasteiger partial charge in [-0.2, -0.15) is 0 Å². The van der Waals surface area contributed by atoms with Crippen molar-refractivity contribution in [3.05, 3.63) is 28.8 Å². The maximum absolute atomic E-state index is 6.35. The van der Waals surface area contributed by atoms with Crippen molar-refractivity contribution in [1.82, 2.24) is 5.32 Å². The van der Waals surface area contributed by atoms with Crippen molar-refractivity contribution in [2.24, 2.45) is 5.92 Å². The van der Waals surface area contributed by atoms with Crippen LogP contribution in [0.25, 0.3) is 0 Å². The number of hydrogen-bond acceptors (Lipinski definition) is 2. The second kappa shape index (κ2) is 8.65. The van der Waals surface area contributed by atoms with Crippen molar-refractivity contribution in [3.8, 4) is 5.75 Å². The van der Waals surface area contributed by atoms with Crippen molar-refractivity contribution in [1.29, 1.82) is 0 Å². The molecule has 0 radical (unpaired) electrons. The molecule has 2 nitrogen and oxygen atoms in total. The summed E-state index contributed by atoms with van der Waals surface area (Å²) in [5, 5.41) is 4.23. The van der Waals surface area contributed by atoms with Gasteiger partial charge >= 0.3 is 0 Å². The lowest BCUT2D eigenvalue weighted by molar-refractivity contribution is 0.128. The molecule has 0 bridgehead atoms. The molecular formula is C18H28ClNO. The number of benzene rings is 1. The zero-order chi connectivity index (χ0) is 15.1. The van der Waals surface area contributed by atoms with Gasteiger partial charge in [0.25, 0.3) is 0 Å². The fraction of sp³-hybridized carbons (Fsp3) is 0.667. The number of hydrogen-bond donors (Lipinski definition) is 1. The molecule has 3 heteroatoms. The Balaban J connectivity index is 1.97. The van der Waals surface area contributed by atoms with Gasteiger partial charge in [0.2, 0.25) is 0 Å². The van der Waals surface area contributed by atoms with Gasteiger partial charge in [-0.15, -0.1) is 0 Å². The number of rotatable bonds is 7. The molecule has 0 aliphatic heterocycles. The third-order valence-corrected chi connectivity index (χ3v) is 4.82. The van der Waals surface area contributed by atoms with E-state index in [9.17, 15) is 0 Å². The maximum atomic E-state index is 6.35. The number of ether oxygens (including phenoxy) is 1.